The predicted molar refractivity (Wildman–Crippen MR) is 101 cm³/mol. The summed E-state index contributed by atoms with van der Waals surface area (Å²) in [5.74, 6) is -0.653. The van der Waals surface area contributed by atoms with Gasteiger partial charge in [0.05, 0.1) is 7.11 Å². The Bertz CT molecular complexity index is 981. The van der Waals surface area contributed by atoms with Crippen molar-refractivity contribution in [2.75, 3.05) is 7.11 Å². The van der Waals surface area contributed by atoms with E-state index in [1.54, 1.807) is 24.3 Å². The molecule has 0 radical (unpaired) electrons. The smallest absolute Gasteiger partial charge is 0.225 e. The van der Waals surface area contributed by atoms with Gasteiger partial charge in [0.2, 0.25) is 5.91 Å². The van der Waals surface area contributed by atoms with Crippen LogP contribution in [0.4, 0.5) is 4.39 Å². The topological polar surface area (TPSA) is 75.6 Å². The summed E-state index contributed by atoms with van der Waals surface area (Å²) in [5, 5.41) is 12.7. The van der Waals surface area contributed by atoms with E-state index >= 15 is 0 Å². The van der Waals surface area contributed by atoms with Gasteiger partial charge in [-0.3, -0.25) is 9.59 Å². The van der Waals surface area contributed by atoms with Crippen molar-refractivity contribution in [3.63, 3.8) is 0 Å². The second-order valence-electron chi connectivity index (χ2n) is 7.21. The van der Waals surface area contributed by atoms with Gasteiger partial charge in [-0.25, -0.2) is 4.39 Å². The molecule has 6 heteroatoms. The van der Waals surface area contributed by atoms with E-state index < -0.39 is 0 Å². The highest BCUT2D eigenvalue weighted by Gasteiger charge is 2.38. The number of halogens is 1. The maximum atomic E-state index is 13.2. The molecule has 4 rings (SSSR count). The zero-order chi connectivity index (χ0) is 19.8. The van der Waals surface area contributed by atoms with Crippen LogP contribution in [0.3, 0.4) is 0 Å². The molecule has 1 amide bonds. The fourth-order valence-electron chi connectivity index (χ4n) is 4.13. The monoisotopic (exact) mass is 381 g/mol. The number of Topliss-reactive ketones (excluding diaryl/α,β-unsaturated/α-hetero) is 1. The fourth-order valence-corrected chi connectivity index (χ4v) is 4.13. The van der Waals surface area contributed by atoms with Crippen molar-refractivity contribution in [3.05, 3.63) is 70.7 Å². The first-order valence-corrected chi connectivity index (χ1v) is 9.14. The van der Waals surface area contributed by atoms with Crippen LogP contribution in [0.1, 0.15) is 42.2 Å². The first-order chi connectivity index (χ1) is 13.5. The van der Waals surface area contributed by atoms with Crippen LogP contribution in [-0.2, 0) is 9.59 Å². The number of aromatic hydroxyl groups is 1. The number of hydrogen-bond donors (Lipinski definition) is 2. The summed E-state index contributed by atoms with van der Waals surface area (Å²) in [4.78, 5) is 25.4. The van der Waals surface area contributed by atoms with Gasteiger partial charge in [-0.05, 0) is 47.7 Å². The van der Waals surface area contributed by atoms with E-state index in [1.807, 2.05) is 0 Å². The van der Waals surface area contributed by atoms with E-state index in [-0.39, 0.29) is 41.5 Å². The lowest BCUT2D eigenvalue weighted by Gasteiger charge is -2.34. The third-order valence-corrected chi connectivity index (χ3v) is 5.48. The summed E-state index contributed by atoms with van der Waals surface area (Å²) < 4.78 is 18.4. The molecule has 0 bridgehead atoms. The van der Waals surface area contributed by atoms with E-state index in [0.29, 0.717) is 29.9 Å². The van der Waals surface area contributed by atoms with Gasteiger partial charge in [-0.1, -0.05) is 18.2 Å². The average molecular weight is 381 g/mol. The Hall–Kier alpha value is -3.15. The summed E-state index contributed by atoms with van der Waals surface area (Å²) in [7, 11) is 1.45. The number of phenols is 1. The molecule has 0 saturated carbocycles. The molecular weight excluding hydrogens is 361 g/mol. The number of hydrogen-bond acceptors (Lipinski definition) is 4. The second-order valence-corrected chi connectivity index (χ2v) is 7.21. The molecule has 28 heavy (non-hydrogen) atoms. The summed E-state index contributed by atoms with van der Waals surface area (Å²) in [6.07, 6.45) is 0.996. The van der Waals surface area contributed by atoms with Crippen LogP contribution in [-0.4, -0.2) is 23.9 Å². The molecule has 1 heterocycles. The van der Waals surface area contributed by atoms with Crippen LogP contribution in [0.25, 0.3) is 0 Å². The standard InChI is InChI=1S/C22H20FNO4/c1-28-20-10-13(4-7-18(20)25)16-11-21(27)24-17-8-14(9-19(26)22(16)17)12-2-5-15(23)6-3-12/h2-7,10,14,16,25H,8-9,11H2,1H3,(H,24,27)/t14-,16-/m1/s1. The summed E-state index contributed by atoms with van der Waals surface area (Å²) in [6.45, 7) is 0. The van der Waals surface area contributed by atoms with Crippen LogP contribution in [0.2, 0.25) is 0 Å². The first-order valence-electron chi connectivity index (χ1n) is 9.14. The molecule has 5 nitrogen and oxygen atoms in total. The minimum Gasteiger partial charge on any atom is -0.504 e. The average Bonchev–Trinajstić information content (AvgIpc) is 2.68. The molecule has 144 valence electrons. The molecule has 2 aliphatic rings. The highest BCUT2D eigenvalue weighted by Crippen LogP contribution is 2.43. The van der Waals surface area contributed by atoms with Crippen molar-refractivity contribution >= 4 is 11.7 Å². The highest BCUT2D eigenvalue weighted by molar-refractivity contribution is 6.02. The fraction of sp³-hybridized carbons (Fsp3) is 0.273. The molecule has 0 fully saturated rings. The van der Waals surface area contributed by atoms with Gasteiger partial charge in [0, 0.05) is 30.0 Å². The lowest BCUT2D eigenvalue weighted by molar-refractivity contribution is -0.122. The van der Waals surface area contributed by atoms with Gasteiger partial charge in [-0.15, -0.1) is 0 Å². The molecule has 0 aromatic heterocycles. The van der Waals surface area contributed by atoms with Gasteiger partial charge < -0.3 is 15.2 Å². The van der Waals surface area contributed by atoms with Gasteiger partial charge >= 0.3 is 0 Å². The number of phenolic OH excluding ortho intramolecular Hbond substituents is 1. The summed E-state index contributed by atoms with van der Waals surface area (Å²) in [6, 6.07) is 11.0. The van der Waals surface area contributed by atoms with Crippen molar-refractivity contribution in [1.29, 1.82) is 0 Å². The molecule has 0 spiro atoms. The lowest BCUT2D eigenvalue weighted by Crippen LogP contribution is -2.38. The molecule has 0 unspecified atom stereocenters. The van der Waals surface area contributed by atoms with Crippen LogP contribution in [0, 0.1) is 5.82 Å². The number of benzene rings is 2. The second kappa shape index (κ2) is 7.11. The minimum absolute atomic E-state index is 0.00654. The first kappa shape index (κ1) is 18.2. The third-order valence-electron chi connectivity index (χ3n) is 5.48. The Balaban J connectivity index is 1.71. The van der Waals surface area contributed by atoms with Crippen LogP contribution >= 0.6 is 0 Å². The maximum Gasteiger partial charge on any atom is 0.225 e. The highest BCUT2D eigenvalue weighted by atomic mass is 19.1. The zero-order valence-corrected chi connectivity index (χ0v) is 15.4. The van der Waals surface area contributed by atoms with Gasteiger partial charge in [0.1, 0.15) is 5.82 Å². The number of amides is 1. The van der Waals surface area contributed by atoms with E-state index in [2.05, 4.69) is 5.32 Å². The summed E-state index contributed by atoms with van der Waals surface area (Å²) >= 11 is 0. The lowest BCUT2D eigenvalue weighted by atomic mass is 9.73. The van der Waals surface area contributed by atoms with Crippen molar-refractivity contribution in [2.45, 2.75) is 31.1 Å². The van der Waals surface area contributed by atoms with Crippen LogP contribution < -0.4 is 10.1 Å². The summed E-state index contributed by atoms with van der Waals surface area (Å²) in [5.41, 5.74) is 2.89. The largest absolute Gasteiger partial charge is 0.504 e. The van der Waals surface area contributed by atoms with Crippen molar-refractivity contribution in [1.82, 2.24) is 5.32 Å². The molecule has 2 atom stereocenters. The maximum absolute atomic E-state index is 13.2. The Morgan fingerprint density at radius 3 is 2.46 bits per heavy atom. The molecule has 0 saturated heterocycles. The van der Waals surface area contributed by atoms with Gasteiger partial charge in [0.25, 0.3) is 0 Å². The molecule has 2 N–H and O–H groups in total. The predicted octanol–water partition coefficient (Wildman–Crippen LogP) is 3.54. The normalized spacial score (nSPS) is 21.9. The third kappa shape index (κ3) is 3.26. The van der Waals surface area contributed by atoms with E-state index in [4.69, 9.17) is 4.74 Å². The number of rotatable bonds is 3. The molecular formula is C22H20FNO4. The Morgan fingerprint density at radius 2 is 1.75 bits per heavy atom. The zero-order valence-electron chi connectivity index (χ0n) is 15.4. The Morgan fingerprint density at radius 1 is 1.04 bits per heavy atom. The molecule has 2 aromatic rings. The van der Waals surface area contributed by atoms with E-state index in [1.165, 1.54) is 25.3 Å². The molecule has 1 aliphatic carbocycles. The van der Waals surface area contributed by atoms with Crippen LogP contribution in [0.5, 0.6) is 11.5 Å². The number of allylic oxidation sites excluding steroid dienone is 2. The number of ether oxygens (including phenoxy) is 1. The van der Waals surface area contributed by atoms with Crippen molar-refractivity contribution < 1.29 is 23.8 Å². The van der Waals surface area contributed by atoms with E-state index in [9.17, 15) is 19.1 Å². The van der Waals surface area contributed by atoms with E-state index in [0.717, 1.165) is 11.1 Å². The quantitative estimate of drug-likeness (QED) is 0.853. The number of carbonyl (C=O) groups is 2. The van der Waals surface area contributed by atoms with Gasteiger partial charge in [0.15, 0.2) is 17.3 Å². The number of methoxy groups -OCH3 is 1. The number of ketones is 1. The van der Waals surface area contributed by atoms with Gasteiger partial charge in [-0.2, -0.15) is 0 Å². The number of nitrogens with one attached hydrogen (secondary N) is 1. The van der Waals surface area contributed by atoms with Crippen molar-refractivity contribution in [2.24, 2.45) is 0 Å². The van der Waals surface area contributed by atoms with Crippen molar-refractivity contribution in [3.8, 4) is 11.5 Å². The Kier molecular flexibility index (Phi) is 4.63. The minimum atomic E-state index is -0.375. The molecule has 2 aromatic carbocycles. The molecule has 1 aliphatic heterocycles. The SMILES string of the molecule is COc1cc([C@H]2CC(=O)NC3=C2C(=O)C[C@H](c2ccc(F)cc2)C3)ccc1O. The number of carbonyl (C=O) groups excluding carboxylic acids is 2. The van der Waals surface area contributed by atoms with Crippen LogP contribution in [0.15, 0.2) is 53.7 Å². The Labute approximate surface area is 161 Å².